The summed E-state index contributed by atoms with van der Waals surface area (Å²) in [5, 5.41) is 4.02. The van der Waals surface area contributed by atoms with Gasteiger partial charge in [-0.15, -0.1) is 0 Å². The van der Waals surface area contributed by atoms with Gasteiger partial charge in [0.2, 0.25) is 0 Å². The Bertz CT molecular complexity index is 954. The normalized spacial score (nSPS) is 19.1. The fraction of sp³-hybridized carbons (Fsp3) is 0.304. The van der Waals surface area contributed by atoms with Crippen LogP contribution in [0.5, 0.6) is 5.75 Å². The number of nitrogens with one attached hydrogen (secondary N) is 1. The van der Waals surface area contributed by atoms with Crippen LogP contribution in [0.3, 0.4) is 0 Å². The van der Waals surface area contributed by atoms with Gasteiger partial charge in [0, 0.05) is 24.2 Å². The summed E-state index contributed by atoms with van der Waals surface area (Å²) < 4.78 is 18.8. The summed E-state index contributed by atoms with van der Waals surface area (Å²) in [6.45, 7) is 3.16. The number of nitrogens with zero attached hydrogens (tertiary/aromatic N) is 1. The van der Waals surface area contributed by atoms with Crippen LogP contribution in [0.1, 0.15) is 43.4 Å². The fourth-order valence-electron chi connectivity index (χ4n) is 3.94. The molecule has 6 heteroatoms. The van der Waals surface area contributed by atoms with Crippen LogP contribution >= 0.6 is 12.2 Å². The Morgan fingerprint density at radius 1 is 1.14 bits per heavy atom. The van der Waals surface area contributed by atoms with E-state index in [0.29, 0.717) is 18.1 Å². The topological polar surface area (TPSA) is 41.6 Å². The number of thiocarbonyl (C=S) groups is 1. The van der Waals surface area contributed by atoms with Crippen molar-refractivity contribution in [3.63, 3.8) is 0 Å². The minimum absolute atomic E-state index is 0.196. The maximum Gasteiger partial charge on any atom is 0.173 e. The molecule has 0 spiro atoms. The average Bonchev–Trinajstić information content (AvgIpc) is 2.73. The molecule has 0 radical (unpaired) electrons. The van der Waals surface area contributed by atoms with E-state index in [4.69, 9.17) is 17.0 Å². The van der Waals surface area contributed by atoms with E-state index in [1.165, 1.54) is 12.1 Å². The summed E-state index contributed by atoms with van der Waals surface area (Å²) >= 11 is 5.56. The monoisotopic (exact) mass is 410 g/mol. The van der Waals surface area contributed by atoms with E-state index in [9.17, 15) is 9.18 Å². The number of hydrogen-bond acceptors (Lipinski definition) is 3. The van der Waals surface area contributed by atoms with Gasteiger partial charge in [0.25, 0.3) is 0 Å². The van der Waals surface area contributed by atoms with E-state index >= 15 is 0 Å². The molecule has 0 bridgehead atoms. The Kier molecular flexibility index (Phi) is 5.62. The lowest BCUT2D eigenvalue weighted by Crippen LogP contribution is -2.49. The summed E-state index contributed by atoms with van der Waals surface area (Å²) in [6.07, 6.45) is 2.34. The first-order valence-electron chi connectivity index (χ1n) is 9.88. The first-order chi connectivity index (χ1) is 14.1. The van der Waals surface area contributed by atoms with E-state index in [2.05, 4.69) is 5.32 Å². The zero-order valence-electron chi connectivity index (χ0n) is 16.3. The number of ether oxygens (including phenoxy) is 1. The second-order valence-corrected chi connectivity index (χ2v) is 7.63. The molecule has 150 valence electrons. The third-order valence-corrected chi connectivity index (χ3v) is 5.74. The Labute approximate surface area is 175 Å². The van der Waals surface area contributed by atoms with E-state index < -0.39 is 0 Å². The lowest BCUT2D eigenvalue weighted by Gasteiger charge is -2.40. The molecular weight excluding hydrogens is 387 g/mol. The van der Waals surface area contributed by atoms with Gasteiger partial charge in [0.15, 0.2) is 10.9 Å². The molecule has 0 saturated carbocycles. The molecule has 0 amide bonds. The predicted octanol–water partition coefficient (Wildman–Crippen LogP) is 4.66. The van der Waals surface area contributed by atoms with E-state index in [-0.39, 0.29) is 17.6 Å². The predicted molar refractivity (Wildman–Crippen MR) is 114 cm³/mol. The molecule has 2 aliphatic rings. The highest BCUT2D eigenvalue weighted by molar-refractivity contribution is 7.80. The van der Waals surface area contributed by atoms with Crippen molar-refractivity contribution in [1.82, 2.24) is 10.2 Å². The number of rotatable bonds is 5. The third kappa shape index (κ3) is 4.03. The van der Waals surface area contributed by atoms with Gasteiger partial charge in [-0.2, -0.15) is 0 Å². The summed E-state index contributed by atoms with van der Waals surface area (Å²) in [5.41, 5.74) is 3.79. The molecule has 0 aromatic heterocycles. The van der Waals surface area contributed by atoms with Crippen LogP contribution in [-0.2, 0) is 11.4 Å². The van der Waals surface area contributed by atoms with Crippen molar-refractivity contribution in [3.05, 3.63) is 76.7 Å². The Balaban J connectivity index is 1.54. The van der Waals surface area contributed by atoms with Crippen molar-refractivity contribution in [1.29, 1.82) is 0 Å². The molecule has 1 N–H and O–H groups in total. The number of hydrogen-bond donors (Lipinski definition) is 1. The molecule has 1 aliphatic carbocycles. The van der Waals surface area contributed by atoms with Crippen LogP contribution in [0, 0.1) is 5.82 Å². The van der Waals surface area contributed by atoms with E-state index in [1.807, 2.05) is 36.1 Å². The SMILES string of the molecule is CCN1C(=S)NC(c2ccc(OCc3ccc(F)cc3)cc2)C2=C1CCCC2=O. The maximum atomic E-state index is 13.0. The minimum atomic E-state index is -0.261. The summed E-state index contributed by atoms with van der Waals surface area (Å²) in [4.78, 5) is 14.8. The molecule has 29 heavy (non-hydrogen) atoms. The Hall–Kier alpha value is -2.73. The van der Waals surface area contributed by atoms with Crippen molar-refractivity contribution in [3.8, 4) is 5.75 Å². The lowest BCUT2D eigenvalue weighted by atomic mass is 9.85. The molecule has 4 nitrogen and oxygen atoms in total. The second kappa shape index (κ2) is 8.33. The number of carbonyl (C=O) groups is 1. The molecule has 1 aliphatic heterocycles. The molecule has 1 unspecified atom stereocenters. The van der Waals surface area contributed by atoms with Crippen LogP contribution in [-0.4, -0.2) is 22.3 Å². The molecular formula is C23H23FN2O2S. The molecule has 1 heterocycles. The quantitative estimate of drug-likeness (QED) is 0.726. The van der Waals surface area contributed by atoms with Crippen molar-refractivity contribution in [2.75, 3.05) is 6.54 Å². The van der Waals surface area contributed by atoms with Gasteiger partial charge < -0.3 is 15.0 Å². The van der Waals surface area contributed by atoms with Crippen LogP contribution in [0.4, 0.5) is 4.39 Å². The smallest absolute Gasteiger partial charge is 0.173 e. The lowest BCUT2D eigenvalue weighted by molar-refractivity contribution is -0.116. The first-order valence-corrected chi connectivity index (χ1v) is 10.3. The standard InChI is InChI=1S/C23H23FN2O2S/c1-2-26-19-4-3-5-20(27)21(19)22(25-23(26)29)16-8-12-18(13-9-16)28-14-15-6-10-17(24)11-7-15/h6-13,22H,2-5,14H2,1H3,(H,25,29). The van der Waals surface area contributed by atoms with Gasteiger partial charge in [-0.1, -0.05) is 24.3 Å². The number of Topliss-reactive ketones (excluding diaryl/α,β-unsaturated/α-hetero) is 1. The minimum Gasteiger partial charge on any atom is -0.489 e. The Morgan fingerprint density at radius 2 is 1.86 bits per heavy atom. The van der Waals surface area contributed by atoms with Gasteiger partial charge in [-0.3, -0.25) is 4.79 Å². The van der Waals surface area contributed by atoms with Crippen LogP contribution < -0.4 is 10.1 Å². The third-order valence-electron chi connectivity index (χ3n) is 5.40. The molecule has 2 aromatic carbocycles. The van der Waals surface area contributed by atoms with E-state index in [0.717, 1.165) is 47.5 Å². The van der Waals surface area contributed by atoms with Gasteiger partial charge >= 0.3 is 0 Å². The highest BCUT2D eigenvalue weighted by Gasteiger charge is 2.36. The number of carbonyl (C=O) groups excluding carboxylic acids is 1. The molecule has 0 fully saturated rings. The Morgan fingerprint density at radius 3 is 2.55 bits per heavy atom. The van der Waals surface area contributed by atoms with Crippen LogP contribution in [0.15, 0.2) is 59.8 Å². The highest BCUT2D eigenvalue weighted by atomic mass is 32.1. The summed E-state index contributed by atoms with van der Waals surface area (Å²) in [6, 6.07) is 13.8. The number of ketones is 1. The van der Waals surface area contributed by atoms with Gasteiger partial charge in [-0.25, -0.2) is 4.39 Å². The number of benzene rings is 2. The van der Waals surface area contributed by atoms with Gasteiger partial charge in [0.1, 0.15) is 18.2 Å². The van der Waals surface area contributed by atoms with Crippen molar-refractivity contribution >= 4 is 23.1 Å². The van der Waals surface area contributed by atoms with Crippen LogP contribution in [0.2, 0.25) is 0 Å². The summed E-state index contributed by atoms with van der Waals surface area (Å²) in [7, 11) is 0. The molecule has 4 rings (SSSR count). The number of allylic oxidation sites excluding steroid dienone is 1. The van der Waals surface area contributed by atoms with Crippen molar-refractivity contribution in [2.24, 2.45) is 0 Å². The fourth-order valence-corrected chi connectivity index (χ4v) is 4.30. The molecule has 0 saturated heterocycles. The number of halogens is 1. The summed E-state index contributed by atoms with van der Waals surface area (Å²) in [5.74, 6) is 0.653. The molecule has 1 atom stereocenters. The highest BCUT2D eigenvalue weighted by Crippen LogP contribution is 2.37. The van der Waals surface area contributed by atoms with Crippen LogP contribution in [0.25, 0.3) is 0 Å². The maximum absolute atomic E-state index is 13.0. The zero-order chi connectivity index (χ0) is 20.4. The second-order valence-electron chi connectivity index (χ2n) is 7.25. The largest absolute Gasteiger partial charge is 0.489 e. The van der Waals surface area contributed by atoms with Gasteiger partial charge in [-0.05, 0) is 67.4 Å². The molecule has 2 aromatic rings. The first kappa shape index (κ1) is 19.6. The average molecular weight is 411 g/mol. The van der Waals surface area contributed by atoms with Crippen molar-refractivity contribution < 1.29 is 13.9 Å². The van der Waals surface area contributed by atoms with Crippen molar-refractivity contribution in [2.45, 2.75) is 38.8 Å². The van der Waals surface area contributed by atoms with E-state index in [1.54, 1.807) is 12.1 Å². The van der Waals surface area contributed by atoms with Gasteiger partial charge in [0.05, 0.1) is 6.04 Å². The zero-order valence-corrected chi connectivity index (χ0v) is 17.1.